The van der Waals surface area contributed by atoms with Gasteiger partial charge in [-0.15, -0.1) is 0 Å². The molecule has 1 heterocycles. The number of carbonyl (C=O) groups is 1. The first kappa shape index (κ1) is 24.1. The van der Waals surface area contributed by atoms with Gasteiger partial charge in [-0.2, -0.15) is 0 Å². The van der Waals surface area contributed by atoms with Gasteiger partial charge in [0.2, 0.25) is 5.91 Å². The van der Waals surface area contributed by atoms with Crippen molar-refractivity contribution in [2.45, 2.75) is 38.4 Å². The minimum Gasteiger partial charge on any atom is -0.497 e. The molecule has 6 nitrogen and oxygen atoms in total. The number of nitrogens with zero attached hydrogens (tertiary/aromatic N) is 2. The van der Waals surface area contributed by atoms with Crippen LogP contribution in [-0.4, -0.2) is 34.9 Å². The number of hydrogen-bond donors (Lipinski definition) is 1. The summed E-state index contributed by atoms with van der Waals surface area (Å²) in [6.07, 6.45) is 1.58. The lowest BCUT2D eigenvalue weighted by Gasteiger charge is -2.14. The van der Waals surface area contributed by atoms with E-state index in [4.69, 9.17) is 16.3 Å². The molecule has 0 unspecified atom stereocenters. The quantitative estimate of drug-likeness (QED) is 0.345. The van der Waals surface area contributed by atoms with E-state index in [1.807, 2.05) is 24.3 Å². The second-order valence-electron chi connectivity index (χ2n) is 7.93. The van der Waals surface area contributed by atoms with Crippen molar-refractivity contribution < 1.29 is 9.53 Å². The van der Waals surface area contributed by atoms with Crippen molar-refractivity contribution >= 4 is 40.2 Å². The van der Waals surface area contributed by atoms with E-state index in [2.05, 4.69) is 24.1 Å². The number of thioether (sulfide) groups is 1. The molecule has 0 atom stereocenters. The lowest BCUT2D eigenvalue weighted by Crippen LogP contribution is -2.28. The molecule has 0 fully saturated rings. The Kier molecular flexibility index (Phi) is 8.59. The Labute approximate surface area is 197 Å². The summed E-state index contributed by atoms with van der Waals surface area (Å²) in [5.41, 5.74) is 1.56. The van der Waals surface area contributed by atoms with Crippen LogP contribution in [0.3, 0.4) is 0 Å². The molecular weight excluding hydrogens is 446 g/mol. The van der Waals surface area contributed by atoms with E-state index >= 15 is 0 Å². The van der Waals surface area contributed by atoms with E-state index in [-0.39, 0.29) is 17.2 Å². The van der Waals surface area contributed by atoms with E-state index in [9.17, 15) is 9.59 Å². The summed E-state index contributed by atoms with van der Waals surface area (Å²) in [4.78, 5) is 30.1. The van der Waals surface area contributed by atoms with Gasteiger partial charge in [-0.1, -0.05) is 49.3 Å². The molecule has 0 saturated carbocycles. The molecule has 0 radical (unpaired) electrons. The monoisotopic (exact) mass is 473 g/mol. The van der Waals surface area contributed by atoms with Crippen LogP contribution >= 0.6 is 23.4 Å². The largest absolute Gasteiger partial charge is 0.497 e. The molecule has 0 bridgehead atoms. The van der Waals surface area contributed by atoms with Gasteiger partial charge in [0.25, 0.3) is 5.56 Å². The normalized spacial score (nSPS) is 11.2. The van der Waals surface area contributed by atoms with Crippen molar-refractivity contribution in [1.29, 1.82) is 0 Å². The maximum atomic E-state index is 13.0. The highest BCUT2D eigenvalue weighted by Gasteiger charge is 2.14. The number of benzene rings is 2. The molecule has 3 aromatic rings. The summed E-state index contributed by atoms with van der Waals surface area (Å²) in [5.74, 6) is 1.34. The van der Waals surface area contributed by atoms with Crippen LogP contribution in [0.5, 0.6) is 5.75 Å². The van der Waals surface area contributed by atoms with E-state index < -0.39 is 0 Å². The topological polar surface area (TPSA) is 73.2 Å². The average molecular weight is 474 g/mol. The van der Waals surface area contributed by atoms with E-state index in [1.165, 1.54) is 11.8 Å². The molecule has 0 aliphatic rings. The van der Waals surface area contributed by atoms with Crippen LogP contribution in [0.4, 0.5) is 0 Å². The van der Waals surface area contributed by atoms with Gasteiger partial charge in [0.15, 0.2) is 5.16 Å². The zero-order valence-corrected chi connectivity index (χ0v) is 20.1. The Morgan fingerprint density at radius 1 is 1.22 bits per heavy atom. The Morgan fingerprint density at radius 2 is 1.97 bits per heavy atom. The van der Waals surface area contributed by atoms with Gasteiger partial charge in [-0.3, -0.25) is 14.2 Å². The highest BCUT2D eigenvalue weighted by molar-refractivity contribution is 7.99. The predicted molar refractivity (Wildman–Crippen MR) is 131 cm³/mol. The number of aromatic nitrogens is 2. The number of carbonyl (C=O) groups excluding carboxylic acids is 1. The lowest BCUT2D eigenvalue weighted by atomic mass is 10.1. The first-order valence-corrected chi connectivity index (χ1v) is 12.0. The first-order valence-electron chi connectivity index (χ1n) is 10.6. The van der Waals surface area contributed by atoms with Crippen molar-refractivity contribution in [3.8, 4) is 5.75 Å². The maximum Gasteiger partial charge on any atom is 0.262 e. The number of methoxy groups -OCH3 is 1. The Balaban J connectivity index is 1.66. The standard InChI is InChI=1S/C24H28ClN3O3S/c1-16(2)11-13-28-23(30)20-9-6-18(25)14-21(20)27-24(28)32-15-22(29)26-12-10-17-4-7-19(31-3)8-5-17/h4-9,14,16H,10-13,15H2,1-3H3,(H,26,29). The minimum absolute atomic E-state index is 0.0978. The van der Waals surface area contributed by atoms with Gasteiger partial charge in [0, 0.05) is 18.1 Å². The van der Waals surface area contributed by atoms with Crippen LogP contribution in [-0.2, 0) is 17.8 Å². The minimum atomic E-state index is -0.102. The number of nitrogens with one attached hydrogen (secondary N) is 1. The number of rotatable bonds is 10. The van der Waals surface area contributed by atoms with Gasteiger partial charge in [-0.05, 0) is 54.7 Å². The fraction of sp³-hybridized carbons (Fsp3) is 0.375. The molecule has 32 heavy (non-hydrogen) atoms. The fourth-order valence-corrected chi connectivity index (χ4v) is 4.21. The molecule has 170 valence electrons. The van der Waals surface area contributed by atoms with E-state index in [1.54, 1.807) is 29.9 Å². The van der Waals surface area contributed by atoms with Crippen molar-refractivity contribution in [3.05, 3.63) is 63.4 Å². The second-order valence-corrected chi connectivity index (χ2v) is 9.31. The zero-order valence-electron chi connectivity index (χ0n) is 18.6. The molecule has 8 heteroatoms. The van der Waals surface area contributed by atoms with Crippen LogP contribution in [0.15, 0.2) is 52.4 Å². The van der Waals surface area contributed by atoms with E-state index in [0.29, 0.717) is 40.1 Å². The predicted octanol–water partition coefficient (Wildman–Crippen LogP) is 4.56. The third kappa shape index (κ3) is 6.50. The van der Waals surface area contributed by atoms with Gasteiger partial charge in [0.1, 0.15) is 5.75 Å². The van der Waals surface area contributed by atoms with Crippen LogP contribution in [0.2, 0.25) is 5.02 Å². The molecule has 1 amide bonds. The Hall–Kier alpha value is -2.51. The van der Waals surface area contributed by atoms with Crippen LogP contribution in [0.1, 0.15) is 25.8 Å². The van der Waals surface area contributed by atoms with Gasteiger partial charge in [0.05, 0.1) is 23.8 Å². The Morgan fingerprint density at radius 3 is 2.66 bits per heavy atom. The van der Waals surface area contributed by atoms with Crippen molar-refractivity contribution in [2.75, 3.05) is 19.4 Å². The zero-order chi connectivity index (χ0) is 23.1. The summed E-state index contributed by atoms with van der Waals surface area (Å²) in [6.45, 7) is 5.32. The molecule has 1 N–H and O–H groups in total. The summed E-state index contributed by atoms with van der Waals surface area (Å²) >= 11 is 7.36. The van der Waals surface area contributed by atoms with Crippen LogP contribution < -0.4 is 15.6 Å². The summed E-state index contributed by atoms with van der Waals surface area (Å²) < 4.78 is 6.83. The Bertz CT molecular complexity index is 1130. The molecule has 0 saturated heterocycles. The summed E-state index contributed by atoms with van der Waals surface area (Å²) in [6, 6.07) is 12.9. The molecule has 0 aliphatic carbocycles. The van der Waals surface area contributed by atoms with Crippen molar-refractivity contribution in [1.82, 2.24) is 14.9 Å². The number of hydrogen-bond acceptors (Lipinski definition) is 5. The second kappa shape index (κ2) is 11.4. The number of halogens is 1. The van der Waals surface area contributed by atoms with Crippen LogP contribution in [0, 0.1) is 5.92 Å². The SMILES string of the molecule is COc1ccc(CCNC(=O)CSc2nc3cc(Cl)ccc3c(=O)n2CCC(C)C)cc1. The van der Waals surface area contributed by atoms with Gasteiger partial charge < -0.3 is 10.1 Å². The molecule has 2 aromatic carbocycles. The van der Waals surface area contributed by atoms with Crippen LogP contribution in [0.25, 0.3) is 10.9 Å². The first-order chi connectivity index (χ1) is 15.4. The van der Waals surface area contributed by atoms with Gasteiger partial charge >= 0.3 is 0 Å². The molecule has 0 spiro atoms. The highest BCUT2D eigenvalue weighted by Crippen LogP contribution is 2.21. The molecular formula is C24H28ClN3O3S. The molecule has 1 aromatic heterocycles. The third-order valence-corrected chi connectivity index (χ3v) is 6.25. The smallest absolute Gasteiger partial charge is 0.262 e. The van der Waals surface area contributed by atoms with E-state index in [0.717, 1.165) is 24.2 Å². The number of amides is 1. The maximum absolute atomic E-state index is 13.0. The van der Waals surface area contributed by atoms with Crippen molar-refractivity contribution in [2.24, 2.45) is 5.92 Å². The molecule has 0 aliphatic heterocycles. The lowest BCUT2D eigenvalue weighted by molar-refractivity contribution is -0.118. The number of ether oxygens (including phenoxy) is 1. The summed E-state index contributed by atoms with van der Waals surface area (Å²) in [5, 5.41) is 4.53. The molecule has 3 rings (SSSR count). The van der Waals surface area contributed by atoms with Gasteiger partial charge in [-0.25, -0.2) is 4.98 Å². The fourth-order valence-electron chi connectivity index (χ4n) is 3.19. The third-order valence-electron chi connectivity index (χ3n) is 5.04. The number of fused-ring (bicyclic) bond motifs is 1. The highest BCUT2D eigenvalue weighted by atomic mass is 35.5. The average Bonchev–Trinajstić information content (AvgIpc) is 2.77. The summed E-state index contributed by atoms with van der Waals surface area (Å²) in [7, 11) is 1.63. The van der Waals surface area contributed by atoms with Crippen molar-refractivity contribution in [3.63, 3.8) is 0 Å².